The third kappa shape index (κ3) is 5.33. The van der Waals surface area contributed by atoms with E-state index >= 15 is 0 Å². The summed E-state index contributed by atoms with van der Waals surface area (Å²) in [6, 6.07) is 8.00. The molecule has 2 aliphatic rings. The molecule has 2 heterocycles. The predicted octanol–water partition coefficient (Wildman–Crippen LogP) is 3.22. The van der Waals surface area contributed by atoms with Gasteiger partial charge < -0.3 is 14.5 Å². The highest BCUT2D eigenvalue weighted by molar-refractivity contribution is 8.03. The number of benzene rings is 1. The Morgan fingerprint density at radius 3 is 2.64 bits per heavy atom. The summed E-state index contributed by atoms with van der Waals surface area (Å²) in [5.41, 5.74) is 3.63. The average molecular weight is 402 g/mol. The first-order valence-corrected chi connectivity index (χ1v) is 10.2. The molecule has 150 valence electrons. The highest BCUT2D eigenvalue weighted by Crippen LogP contribution is 2.36. The van der Waals surface area contributed by atoms with E-state index in [1.54, 1.807) is 11.6 Å². The first-order chi connectivity index (χ1) is 13.5. The molecule has 0 aliphatic carbocycles. The molecule has 3 rings (SSSR count). The van der Waals surface area contributed by atoms with Gasteiger partial charge in [-0.05, 0) is 49.1 Å². The van der Waals surface area contributed by atoms with Crippen LogP contribution in [0, 0.1) is 0 Å². The number of hydrogen-bond acceptors (Lipinski definition) is 6. The van der Waals surface area contributed by atoms with E-state index < -0.39 is 5.91 Å². The minimum atomic E-state index is -0.542. The zero-order valence-corrected chi connectivity index (χ0v) is 17.0. The molecule has 1 aromatic carbocycles. The summed E-state index contributed by atoms with van der Waals surface area (Å²) < 4.78 is 6.10. The highest BCUT2D eigenvalue weighted by Gasteiger charge is 2.28. The van der Waals surface area contributed by atoms with E-state index in [-0.39, 0.29) is 4.75 Å². The Labute approximate surface area is 170 Å². The van der Waals surface area contributed by atoms with Crippen molar-refractivity contribution in [1.82, 2.24) is 10.4 Å². The molecule has 1 saturated heterocycles. The second-order valence-electron chi connectivity index (χ2n) is 7.20. The number of anilines is 1. The smallest absolute Gasteiger partial charge is 0.267 e. The van der Waals surface area contributed by atoms with Crippen LogP contribution in [-0.4, -0.2) is 53.5 Å². The fourth-order valence-corrected chi connectivity index (χ4v) is 4.04. The van der Waals surface area contributed by atoms with Gasteiger partial charge >= 0.3 is 0 Å². The molecule has 1 fully saturated rings. The van der Waals surface area contributed by atoms with Crippen LogP contribution in [0.25, 0.3) is 6.08 Å². The zero-order chi connectivity index (χ0) is 20.0. The minimum absolute atomic E-state index is 0.124. The SMILES string of the molecule is C=C(OCC1(C)CC=CS1)N1CCN(c2ccc(/C=C/C(=O)NO)cc2)CC1. The maximum Gasteiger partial charge on any atom is 0.267 e. The summed E-state index contributed by atoms with van der Waals surface area (Å²) in [5, 5.41) is 10.7. The van der Waals surface area contributed by atoms with Crippen LogP contribution in [0.3, 0.4) is 0 Å². The van der Waals surface area contributed by atoms with Crippen molar-refractivity contribution in [3.05, 3.63) is 59.9 Å². The molecule has 1 aromatic rings. The summed E-state index contributed by atoms with van der Waals surface area (Å²) in [7, 11) is 0. The lowest BCUT2D eigenvalue weighted by Crippen LogP contribution is -2.46. The Morgan fingerprint density at radius 1 is 1.32 bits per heavy atom. The molecule has 1 unspecified atom stereocenters. The Kier molecular flexibility index (Phi) is 6.70. The monoisotopic (exact) mass is 401 g/mol. The second kappa shape index (κ2) is 9.21. The maximum atomic E-state index is 11.0. The number of amides is 1. The van der Waals surface area contributed by atoms with Crippen molar-refractivity contribution >= 4 is 29.4 Å². The third-order valence-corrected chi connectivity index (χ3v) is 6.15. The number of hydrogen-bond donors (Lipinski definition) is 2. The molecular weight excluding hydrogens is 374 g/mol. The van der Waals surface area contributed by atoms with Crippen LogP contribution in [0.1, 0.15) is 18.9 Å². The molecule has 0 spiro atoms. The molecule has 1 amide bonds. The Morgan fingerprint density at radius 2 is 2.04 bits per heavy atom. The molecule has 28 heavy (non-hydrogen) atoms. The summed E-state index contributed by atoms with van der Waals surface area (Å²) >= 11 is 1.83. The number of ether oxygens (including phenoxy) is 1. The van der Waals surface area contributed by atoms with Gasteiger partial charge in [0.2, 0.25) is 0 Å². The fraction of sp³-hybridized carbons (Fsp3) is 0.381. The van der Waals surface area contributed by atoms with Gasteiger partial charge in [-0.15, -0.1) is 11.8 Å². The Bertz CT molecular complexity index is 745. The quantitative estimate of drug-likeness (QED) is 0.317. The minimum Gasteiger partial charge on any atom is -0.478 e. The molecule has 2 aliphatic heterocycles. The van der Waals surface area contributed by atoms with Crippen LogP contribution < -0.4 is 10.4 Å². The normalized spacial score (nSPS) is 21.9. The number of piperazine rings is 1. The van der Waals surface area contributed by atoms with Gasteiger partial charge in [0, 0.05) is 37.9 Å². The van der Waals surface area contributed by atoms with Gasteiger partial charge in [-0.2, -0.15) is 0 Å². The molecule has 7 heteroatoms. The molecular formula is C21H27N3O3S. The molecule has 2 N–H and O–H groups in total. The summed E-state index contributed by atoms with van der Waals surface area (Å²) in [6.07, 6.45) is 6.18. The summed E-state index contributed by atoms with van der Waals surface area (Å²) in [4.78, 5) is 15.6. The highest BCUT2D eigenvalue weighted by atomic mass is 32.2. The third-order valence-electron chi connectivity index (χ3n) is 4.97. The number of carbonyl (C=O) groups is 1. The van der Waals surface area contributed by atoms with E-state index in [0.717, 1.165) is 49.7 Å². The van der Waals surface area contributed by atoms with E-state index in [2.05, 4.69) is 34.8 Å². The fourth-order valence-electron chi connectivity index (χ4n) is 3.20. The van der Waals surface area contributed by atoms with Crippen LogP contribution in [0.4, 0.5) is 5.69 Å². The van der Waals surface area contributed by atoms with Gasteiger partial charge in [-0.1, -0.05) is 18.2 Å². The molecule has 0 saturated carbocycles. The van der Waals surface area contributed by atoms with Gasteiger partial charge in [0.05, 0.1) is 4.75 Å². The van der Waals surface area contributed by atoms with Crippen LogP contribution >= 0.6 is 11.8 Å². The van der Waals surface area contributed by atoms with E-state index in [9.17, 15) is 4.79 Å². The van der Waals surface area contributed by atoms with Gasteiger partial charge in [-0.3, -0.25) is 10.0 Å². The molecule has 1 atom stereocenters. The number of carbonyl (C=O) groups excluding carboxylic acids is 1. The van der Waals surface area contributed by atoms with Crippen molar-refractivity contribution in [2.24, 2.45) is 0 Å². The Hall–Kier alpha value is -2.38. The number of allylic oxidation sites excluding steroid dienone is 1. The molecule has 0 radical (unpaired) electrons. The van der Waals surface area contributed by atoms with Crippen LogP contribution in [-0.2, 0) is 9.53 Å². The standard InChI is InChI=1S/C21H27N3O3S/c1-17(27-16-21(2)10-3-15-28-21)23-11-13-24(14-12-23)19-7-4-18(5-8-19)6-9-20(25)22-26/h3-9,15,26H,1,10-14,16H2,2H3,(H,22,25)/b9-6+. The topological polar surface area (TPSA) is 65.0 Å². The van der Waals surface area contributed by atoms with E-state index in [0.29, 0.717) is 6.61 Å². The van der Waals surface area contributed by atoms with Crippen molar-refractivity contribution in [1.29, 1.82) is 0 Å². The van der Waals surface area contributed by atoms with E-state index in [4.69, 9.17) is 9.94 Å². The van der Waals surface area contributed by atoms with Gasteiger partial charge in [0.1, 0.15) is 6.61 Å². The lowest BCUT2D eigenvalue weighted by molar-refractivity contribution is -0.124. The van der Waals surface area contributed by atoms with Crippen molar-refractivity contribution in [2.45, 2.75) is 18.1 Å². The largest absolute Gasteiger partial charge is 0.478 e. The second-order valence-corrected chi connectivity index (χ2v) is 8.69. The zero-order valence-electron chi connectivity index (χ0n) is 16.1. The summed E-state index contributed by atoms with van der Waals surface area (Å²) in [6.45, 7) is 10.6. The number of nitrogens with zero attached hydrogens (tertiary/aromatic N) is 2. The average Bonchev–Trinajstić information content (AvgIpc) is 3.17. The van der Waals surface area contributed by atoms with Gasteiger partial charge in [-0.25, -0.2) is 5.48 Å². The molecule has 6 nitrogen and oxygen atoms in total. The predicted molar refractivity (Wildman–Crippen MR) is 114 cm³/mol. The van der Waals surface area contributed by atoms with Crippen molar-refractivity contribution in [3.63, 3.8) is 0 Å². The lowest BCUT2D eigenvalue weighted by Gasteiger charge is -2.38. The number of nitrogens with one attached hydrogen (secondary N) is 1. The van der Waals surface area contributed by atoms with Crippen LogP contribution in [0.2, 0.25) is 0 Å². The van der Waals surface area contributed by atoms with Crippen molar-refractivity contribution < 1.29 is 14.7 Å². The maximum absolute atomic E-state index is 11.0. The number of thioether (sulfide) groups is 1. The summed E-state index contributed by atoms with van der Waals surface area (Å²) in [5.74, 6) is 0.218. The van der Waals surface area contributed by atoms with Gasteiger partial charge in [0.15, 0.2) is 5.88 Å². The van der Waals surface area contributed by atoms with Crippen LogP contribution in [0.5, 0.6) is 0 Å². The van der Waals surface area contributed by atoms with Crippen molar-refractivity contribution in [3.8, 4) is 0 Å². The Balaban J connectivity index is 1.46. The molecule has 0 bridgehead atoms. The van der Waals surface area contributed by atoms with Crippen LogP contribution in [0.15, 0.2) is 54.3 Å². The van der Waals surface area contributed by atoms with Crippen molar-refractivity contribution in [2.75, 3.05) is 37.7 Å². The first-order valence-electron chi connectivity index (χ1n) is 9.36. The van der Waals surface area contributed by atoms with Gasteiger partial charge in [0.25, 0.3) is 5.91 Å². The molecule has 0 aromatic heterocycles. The first kappa shape index (κ1) is 20.4. The number of hydroxylamine groups is 1. The van der Waals surface area contributed by atoms with E-state index in [1.807, 2.05) is 36.0 Å². The van der Waals surface area contributed by atoms with E-state index in [1.165, 1.54) is 6.08 Å². The lowest BCUT2D eigenvalue weighted by atomic mass is 10.1. The number of rotatable bonds is 7.